The first-order valence-electron chi connectivity index (χ1n) is 9.55. The van der Waals surface area contributed by atoms with E-state index in [1.165, 1.54) is 10.5 Å². The number of carbonyl (C=O) groups excluding carboxylic acids is 3. The van der Waals surface area contributed by atoms with Crippen LogP contribution in [0.4, 0.5) is 0 Å². The number of piperazine rings is 1. The summed E-state index contributed by atoms with van der Waals surface area (Å²) in [6, 6.07) is 9.31. The molecule has 2 aromatic rings. The van der Waals surface area contributed by atoms with Crippen molar-refractivity contribution in [1.82, 2.24) is 14.7 Å². The zero-order valence-electron chi connectivity index (χ0n) is 15.7. The number of hydrogen-bond acceptors (Lipinski definition) is 5. The monoisotopic (exact) mass is 397 g/mol. The van der Waals surface area contributed by atoms with Crippen LogP contribution in [0.3, 0.4) is 0 Å². The molecule has 0 spiro atoms. The lowest BCUT2D eigenvalue weighted by Gasteiger charge is -2.35. The van der Waals surface area contributed by atoms with Gasteiger partial charge in [0.1, 0.15) is 0 Å². The van der Waals surface area contributed by atoms with Gasteiger partial charge in [-0.25, -0.2) is 0 Å². The lowest BCUT2D eigenvalue weighted by atomic mass is 9.98. The van der Waals surface area contributed by atoms with Gasteiger partial charge in [0.05, 0.1) is 6.42 Å². The molecule has 0 bridgehead atoms. The Morgan fingerprint density at radius 2 is 1.82 bits per heavy atom. The Balaban J connectivity index is 1.28. The van der Waals surface area contributed by atoms with E-state index < -0.39 is 0 Å². The van der Waals surface area contributed by atoms with E-state index in [1.54, 1.807) is 23.5 Å². The van der Waals surface area contributed by atoms with E-state index in [0.29, 0.717) is 18.7 Å². The molecule has 1 aromatic heterocycles. The van der Waals surface area contributed by atoms with E-state index in [9.17, 15) is 14.4 Å². The van der Waals surface area contributed by atoms with Gasteiger partial charge in [0, 0.05) is 51.3 Å². The topological polar surface area (TPSA) is 60.9 Å². The van der Waals surface area contributed by atoms with Crippen molar-refractivity contribution in [1.29, 1.82) is 0 Å². The van der Waals surface area contributed by atoms with Crippen molar-refractivity contribution in [2.24, 2.45) is 0 Å². The average Bonchev–Trinajstić information content (AvgIpc) is 3.21. The minimum absolute atomic E-state index is 0.00893. The van der Waals surface area contributed by atoms with Crippen LogP contribution in [0, 0.1) is 0 Å². The molecule has 4 rings (SSSR count). The average molecular weight is 398 g/mol. The molecule has 0 atom stereocenters. The molecule has 0 aliphatic carbocycles. The van der Waals surface area contributed by atoms with Crippen molar-refractivity contribution in [2.45, 2.75) is 19.4 Å². The Bertz CT molecular complexity index is 873. The van der Waals surface area contributed by atoms with Crippen LogP contribution in [0.15, 0.2) is 41.1 Å². The zero-order valence-corrected chi connectivity index (χ0v) is 16.5. The summed E-state index contributed by atoms with van der Waals surface area (Å²) in [5.41, 5.74) is 2.64. The number of hydrogen-bond donors (Lipinski definition) is 0. The van der Waals surface area contributed by atoms with Gasteiger partial charge in [-0.05, 0) is 34.0 Å². The summed E-state index contributed by atoms with van der Waals surface area (Å²) in [4.78, 5) is 42.9. The first-order chi connectivity index (χ1) is 13.6. The molecule has 6 nitrogen and oxygen atoms in total. The highest BCUT2D eigenvalue weighted by molar-refractivity contribution is 7.07. The molecule has 3 heterocycles. The van der Waals surface area contributed by atoms with Crippen LogP contribution in [0.5, 0.6) is 0 Å². The van der Waals surface area contributed by atoms with Gasteiger partial charge in [-0.3, -0.25) is 24.2 Å². The number of amides is 3. The fraction of sp³-hybridized carbons (Fsp3) is 0.381. The zero-order chi connectivity index (χ0) is 19.5. The highest BCUT2D eigenvalue weighted by Crippen LogP contribution is 2.20. The van der Waals surface area contributed by atoms with Gasteiger partial charge in [-0.1, -0.05) is 18.2 Å². The summed E-state index contributed by atoms with van der Waals surface area (Å²) >= 11 is 1.70. The number of fused-ring (bicyclic) bond motifs is 1. The standard InChI is InChI=1S/C21H23N3O3S/c25-19(23-10-8-22(9-11-23)14-16-6-12-28-15-16)5-7-24-20(26)13-17-3-1-2-4-18(17)21(24)27/h1-4,6,12,15H,5,7-11,13-14H2. The molecule has 1 saturated heterocycles. The Hall–Kier alpha value is -2.51. The lowest BCUT2D eigenvalue weighted by Crippen LogP contribution is -2.49. The van der Waals surface area contributed by atoms with Crippen LogP contribution in [-0.2, 0) is 22.6 Å². The smallest absolute Gasteiger partial charge is 0.260 e. The maximum Gasteiger partial charge on any atom is 0.260 e. The molecule has 1 fully saturated rings. The maximum absolute atomic E-state index is 12.6. The minimum Gasteiger partial charge on any atom is -0.340 e. The van der Waals surface area contributed by atoms with E-state index >= 15 is 0 Å². The van der Waals surface area contributed by atoms with Crippen molar-refractivity contribution in [3.05, 3.63) is 57.8 Å². The van der Waals surface area contributed by atoms with E-state index in [4.69, 9.17) is 0 Å². The normalized spacial score (nSPS) is 17.7. The Kier molecular flexibility index (Phi) is 5.54. The Morgan fingerprint density at radius 1 is 1.04 bits per heavy atom. The summed E-state index contributed by atoms with van der Waals surface area (Å²) in [7, 11) is 0. The van der Waals surface area contributed by atoms with Gasteiger partial charge < -0.3 is 4.90 Å². The number of thiophene rings is 1. The highest BCUT2D eigenvalue weighted by atomic mass is 32.1. The maximum atomic E-state index is 12.6. The highest BCUT2D eigenvalue weighted by Gasteiger charge is 2.31. The third-order valence-electron chi connectivity index (χ3n) is 5.40. The summed E-state index contributed by atoms with van der Waals surface area (Å²) in [5, 5.41) is 4.24. The molecule has 28 heavy (non-hydrogen) atoms. The van der Waals surface area contributed by atoms with Crippen molar-refractivity contribution in [3.8, 4) is 0 Å². The third-order valence-corrected chi connectivity index (χ3v) is 6.13. The molecule has 0 N–H and O–H groups in total. The van der Waals surface area contributed by atoms with Crippen LogP contribution in [0.25, 0.3) is 0 Å². The minimum atomic E-state index is -0.291. The summed E-state index contributed by atoms with van der Waals surface area (Å²) in [5.74, 6) is -0.507. The van der Waals surface area contributed by atoms with E-state index in [1.807, 2.05) is 17.0 Å². The van der Waals surface area contributed by atoms with Gasteiger partial charge in [0.25, 0.3) is 5.91 Å². The summed E-state index contributed by atoms with van der Waals surface area (Å²) in [6.45, 7) is 4.14. The summed E-state index contributed by atoms with van der Waals surface area (Å²) in [6.07, 6.45) is 0.404. The van der Waals surface area contributed by atoms with Gasteiger partial charge in [-0.15, -0.1) is 0 Å². The van der Waals surface area contributed by atoms with Crippen LogP contribution in [0.1, 0.15) is 27.9 Å². The molecule has 0 saturated carbocycles. The van der Waals surface area contributed by atoms with Crippen LogP contribution >= 0.6 is 11.3 Å². The molecule has 2 aliphatic rings. The lowest BCUT2D eigenvalue weighted by molar-refractivity contribution is -0.134. The second kappa shape index (κ2) is 8.24. The quantitative estimate of drug-likeness (QED) is 0.724. The number of rotatable bonds is 5. The number of nitrogens with zero attached hydrogens (tertiary/aromatic N) is 3. The molecular weight excluding hydrogens is 374 g/mol. The summed E-state index contributed by atoms with van der Waals surface area (Å²) < 4.78 is 0. The number of carbonyl (C=O) groups is 3. The predicted molar refractivity (Wildman–Crippen MR) is 107 cm³/mol. The molecule has 0 unspecified atom stereocenters. The molecule has 2 aliphatic heterocycles. The van der Waals surface area contributed by atoms with Crippen LogP contribution in [-0.4, -0.2) is 65.1 Å². The van der Waals surface area contributed by atoms with Gasteiger partial charge in [-0.2, -0.15) is 11.3 Å². The molecule has 0 radical (unpaired) electrons. The van der Waals surface area contributed by atoms with E-state index in [-0.39, 0.29) is 37.1 Å². The second-order valence-corrected chi connectivity index (χ2v) is 8.00. The molecule has 146 valence electrons. The molecule has 1 aromatic carbocycles. The van der Waals surface area contributed by atoms with Crippen LogP contribution < -0.4 is 0 Å². The largest absolute Gasteiger partial charge is 0.340 e. The number of imide groups is 1. The predicted octanol–water partition coefficient (Wildman–Crippen LogP) is 2.01. The Labute approximate surface area is 168 Å². The van der Waals surface area contributed by atoms with Gasteiger partial charge in [0.2, 0.25) is 11.8 Å². The van der Waals surface area contributed by atoms with Crippen molar-refractivity contribution in [2.75, 3.05) is 32.7 Å². The molecular formula is C21H23N3O3S. The van der Waals surface area contributed by atoms with Crippen molar-refractivity contribution >= 4 is 29.1 Å². The van der Waals surface area contributed by atoms with Crippen molar-refractivity contribution < 1.29 is 14.4 Å². The van der Waals surface area contributed by atoms with Crippen molar-refractivity contribution in [3.63, 3.8) is 0 Å². The van der Waals surface area contributed by atoms with E-state index in [2.05, 4.69) is 21.7 Å². The first-order valence-corrected chi connectivity index (χ1v) is 10.5. The fourth-order valence-electron chi connectivity index (χ4n) is 3.79. The van der Waals surface area contributed by atoms with Gasteiger partial charge in [0.15, 0.2) is 0 Å². The van der Waals surface area contributed by atoms with Crippen LogP contribution in [0.2, 0.25) is 0 Å². The third kappa shape index (κ3) is 4.00. The molecule has 3 amide bonds. The van der Waals surface area contributed by atoms with Gasteiger partial charge >= 0.3 is 0 Å². The van der Waals surface area contributed by atoms with E-state index in [0.717, 1.165) is 25.2 Å². The SMILES string of the molecule is O=C(CCN1C(=O)Cc2ccccc2C1=O)N1CCN(Cc2ccsc2)CC1. The Morgan fingerprint density at radius 3 is 2.57 bits per heavy atom. The number of benzene rings is 1. The fourth-order valence-corrected chi connectivity index (χ4v) is 4.45. The first kappa shape index (κ1) is 18.8. The second-order valence-electron chi connectivity index (χ2n) is 7.22. The molecule has 7 heteroatoms.